The number of nitrogens with zero attached hydrogens (tertiary/aromatic N) is 1. The van der Waals surface area contributed by atoms with Crippen LogP contribution in [0.5, 0.6) is 0 Å². The number of fused-ring (bicyclic) bond motifs is 1. The van der Waals surface area contributed by atoms with Crippen molar-refractivity contribution in [2.24, 2.45) is 0 Å². The van der Waals surface area contributed by atoms with Gasteiger partial charge in [-0.05, 0) is 44.9 Å². The Hall–Kier alpha value is -1.90. The summed E-state index contributed by atoms with van der Waals surface area (Å²) in [6.45, 7) is 8.29. The highest BCUT2D eigenvalue weighted by molar-refractivity contribution is 6.52. The van der Waals surface area contributed by atoms with Crippen LogP contribution in [-0.2, 0) is 4.79 Å². The van der Waals surface area contributed by atoms with Crippen molar-refractivity contribution in [1.29, 1.82) is 0 Å². The summed E-state index contributed by atoms with van der Waals surface area (Å²) >= 11 is 0. The molecule has 0 bridgehead atoms. The van der Waals surface area contributed by atoms with Crippen LogP contribution >= 0.6 is 0 Å². The number of benzene rings is 1. The molecule has 0 saturated heterocycles. The lowest BCUT2D eigenvalue weighted by molar-refractivity contribution is -0.114. The normalized spacial score (nSPS) is 13.9. The number of ketones is 1. The van der Waals surface area contributed by atoms with Crippen molar-refractivity contribution >= 4 is 17.4 Å². The Labute approximate surface area is 107 Å². The van der Waals surface area contributed by atoms with Gasteiger partial charge >= 0.3 is 0 Å². The van der Waals surface area contributed by atoms with Gasteiger partial charge in [0.15, 0.2) is 0 Å². The summed E-state index contributed by atoms with van der Waals surface area (Å²) in [6.07, 6.45) is 1.96. The summed E-state index contributed by atoms with van der Waals surface area (Å²) in [5.74, 6) is -0.810. The zero-order chi connectivity index (χ0) is 13.4. The lowest BCUT2D eigenvalue weighted by Crippen LogP contribution is -2.30. The van der Waals surface area contributed by atoms with Gasteiger partial charge in [-0.3, -0.25) is 9.59 Å². The Balaban J connectivity index is 2.51. The first kappa shape index (κ1) is 12.6. The van der Waals surface area contributed by atoms with Crippen LogP contribution in [-0.4, -0.2) is 18.2 Å². The SMILES string of the molecule is CC(C)=CCN1C(=O)C(=O)c2cc(C)cc(C)c21. The molecule has 1 aliphatic heterocycles. The van der Waals surface area contributed by atoms with E-state index in [0.29, 0.717) is 12.1 Å². The summed E-state index contributed by atoms with van der Waals surface area (Å²) in [7, 11) is 0. The number of hydrogen-bond donors (Lipinski definition) is 0. The van der Waals surface area contributed by atoms with Crippen LogP contribution in [0.4, 0.5) is 5.69 Å². The summed E-state index contributed by atoms with van der Waals surface area (Å²) in [5, 5.41) is 0. The van der Waals surface area contributed by atoms with Gasteiger partial charge in [0.2, 0.25) is 0 Å². The molecule has 1 aromatic rings. The molecule has 3 nitrogen and oxygen atoms in total. The third-order valence-corrected chi connectivity index (χ3v) is 3.08. The molecule has 0 radical (unpaired) electrons. The van der Waals surface area contributed by atoms with E-state index in [1.54, 1.807) is 11.0 Å². The van der Waals surface area contributed by atoms with Gasteiger partial charge in [0.25, 0.3) is 11.7 Å². The second-order valence-electron chi connectivity index (χ2n) is 5.00. The average molecular weight is 243 g/mol. The Morgan fingerprint density at radius 2 is 1.89 bits per heavy atom. The fraction of sp³-hybridized carbons (Fsp3) is 0.333. The van der Waals surface area contributed by atoms with Crippen LogP contribution in [0.1, 0.15) is 35.3 Å². The number of carbonyl (C=O) groups excluding carboxylic acids is 2. The maximum Gasteiger partial charge on any atom is 0.299 e. The van der Waals surface area contributed by atoms with E-state index in [1.807, 2.05) is 39.8 Å². The molecule has 0 atom stereocenters. The van der Waals surface area contributed by atoms with Gasteiger partial charge in [0.1, 0.15) is 0 Å². The molecule has 0 N–H and O–H groups in total. The van der Waals surface area contributed by atoms with Crippen LogP contribution in [0.15, 0.2) is 23.8 Å². The molecule has 1 amide bonds. The first-order valence-corrected chi connectivity index (χ1v) is 6.02. The van der Waals surface area contributed by atoms with Gasteiger partial charge < -0.3 is 4.90 Å². The molecule has 0 unspecified atom stereocenters. The summed E-state index contributed by atoms with van der Waals surface area (Å²) in [5.41, 5.74) is 4.43. The third-order valence-electron chi connectivity index (χ3n) is 3.08. The Morgan fingerprint density at radius 1 is 1.22 bits per heavy atom. The van der Waals surface area contributed by atoms with Crippen LogP contribution in [0.25, 0.3) is 0 Å². The van der Waals surface area contributed by atoms with Crippen LogP contribution in [0, 0.1) is 13.8 Å². The molecule has 1 aromatic carbocycles. The molecule has 0 aromatic heterocycles. The Kier molecular flexibility index (Phi) is 3.07. The van der Waals surface area contributed by atoms with Gasteiger partial charge in [-0.2, -0.15) is 0 Å². The maximum atomic E-state index is 12.0. The molecule has 0 saturated carbocycles. The molecule has 3 heteroatoms. The lowest BCUT2D eigenvalue weighted by Gasteiger charge is -2.17. The fourth-order valence-corrected chi connectivity index (χ4v) is 2.28. The second kappa shape index (κ2) is 4.41. The van der Waals surface area contributed by atoms with Gasteiger partial charge in [-0.1, -0.05) is 17.7 Å². The molecule has 0 fully saturated rings. The van der Waals surface area contributed by atoms with E-state index in [2.05, 4.69) is 0 Å². The number of allylic oxidation sites excluding steroid dienone is 1. The zero-order valence-electron chi connectivity index (χ0n) is 11.2. The van der Waals surface area contributed by atoms with E-state index >= 15 is 0 Å². The van der Waals surface area contributed by atoms with Crippen molar-refractivity contribution < 1.29 is 9.59 Å². The molecule has 1 heterocycles. The maximum absolute atomic E-state index is 12.0. The lowest BCUT2D eigenvalue weighted by atomic mass is 10.0. The van der Waals surface area contributed by atoms with E-state index in [-0.39, 0.29) is 5.78 Å². The van der Waals surface area contributed by atoms with E-state index in [1.165, 1.54) is 0 Å². The van der Waals surface area contributed by atoms with Crippen LogP contribution in [0.2, 0.25) is 0 Å². The Morgan fingerprint density at radius 3 is 2.50 bits per heavy atom. The van der Waals surface area contributed by atoms with Crippen molar-refractivity contribution in [2.75, 3.05) is 11.4 Å². The second-order valence-corrected chi connectivity index (χ2v) is 5.00. The predicted molar refractivity (Wildman–Crippen MR) is 72.0 cm³/mol. The van der Waals surface area contributed by atoms with Crippen molar-refractivity contribution in [2.45, 2.75) is 27.7 Å². The van der Waals surface area contributed by atoms with Gasteiger partial charge in [0.05, 0.1) is 11.3 Å². The van der Waals surface area contributed by atoms with E-state index in [9.17, 15) is 9.59 Å². The van der Waals surface area contributed by atoms with Gasteiger partial charge in [-0.15, -0.1) is 0 Å². The Bertz CT molecular complexity index is 566. The zero-order valence-corrected chi connectivity index (χ0v) is 11.2. The van der Waals surface area contributed by atoms with Crippen LogP contribution in [0.3, 0.4) is 0 Å². The largest absolute Gasteiger partial charge is 0.301 e. The predicted octanol–water partition coefficient (Wildman–Crippen LogP) is 2.80. The minimum atomic E-state index is -0.420. The fourth-order valence-electron chi connectivity index (χ4n) is 2.28. The minimum Gasteiger partial charge on any atom is -0.301 e. The molecule has 0 aliphatic carbocycles. The number of hydrogen-bond acceptors (Lipinski definition) is 2. The number of carbonyl (C=O) groups is 2. The van der Waals surface area contributed by atoms with E-state index in [4.69, 9.17) is 0 Å². The number of rotatable bonds is 2. The molecule has 94 valence electrons. The highest BCUT2D eigenvalue weighted by Crippen LogP contribution is 2.33. The number of Topliss-reactive ketones (excluding diaryl/α,β-unsaturated/α-hetero) is 1. The molecule has 0 spiro atoms. The highest BCUT2D eigenvalue weighted by Gasteiger charge is 2.36. The van der Waals surface area contributed by atoms with E-state index < -0.39 is 5.91 Å². The average Bonchev–Trinajstić information content (AvgIpc) is 2.51. The molecule has 2 rings (SSSR count). The summed E-state index contributed by atoms with van der Waals surface area (Å²) in [6, 6.07) is 3.80. The van der Waals surface area contributed by atoms with Gasteiger partial charge in [0, 0.05) is 6.54 Å². The quantitative estimate of drug-likeness (QED) is 0.591. The van der Waals surface area contributed by atoms with Crippen molar-refractivity contribution in [3.05, 3.63) is 40.5 Å². The highest BCUT2D eigenvalue weighted by atomic mass is 16.2. The first-order valence-electron chi connectivity index (χ1n) is 6.02. The van der Waals surface area contributed by atoms with Crippen molar-refractivity contribution in [1.82, 2.24) is 0 Å². The minimum absolute atomic E-state index is 0.390. The molecule has 18 heavy (non-hydrogen) atoms. The topological polar surface area (TPSA) is 37.4 Å². The van der Waals surface area contributed by atoms with E-state index in [0.717, 1.165) is 22.4 Å². The summed E-state index contributed by atoms with van der Waals surface area (Å²) < 4.78 is 0. The van der Waals surface area contributed by atoms with Crippen molar-refractivity contribution in [3.8, 4) is 0 Å². The summed E-state index contributed by atoms with van der Waals surface area (Å²) in [4.78, 5) is 25.5. The van der Waals surface area contributed by atoms with Crippen molar-refractivity contribution in [3.63, 3.8) is 0 Å². The van der Waals surface area contributed by atoms with Crippen LogP contribution < -0.4 is 4.90 Å². The monoisotopic (exact) mass is 243 g/mol. The molecular weight excluding hydrogens is 226 g/mol. The number of aryl methyl sites for hydroxylation is 2. The molecular formula is C15H17NO2. The third kappa shape index (κ3) is 1.96. The number of anilines is 1. The first-order chi connectivity index (χ1) is 8.41. The molecule has 1 aliphatic rings. The standard InChI is InChI=1S/C15H17NO2/c1-9(2)5-6-16-13-11(4)7-10(3)8-12(13)14(17)15(16)18/h5,7-8H,6H2,1-4H3. The smallest absolute Gasteiger partial charge is 0.299 e. The van der Waals surface area contributed by atoms with Gasteiger partial charge in [-0.25, -0.2) is 0 Å². The number of amides is 1.